The molecule has 18 heavy (non-hydrogen) atoms. The van der Waals surface area contributed by atoms with Crippen LogP contribution in [0.15, 0.2) is 0 Å². The Morgan fingerprint density at radius 2 is 2.06 bits per heavy atom. The quantitative estimate of drug-likeness (QED) is 0.798. The van der Waals surface area contributed by atoms with Crippen LogP contribution in [-0.4, -0.2) is 32.8 Å². The highest BCUT2D eigenvalue weighted by molar-refractivity contribution is 7.89. The van der Waals surface area contributed by atoms with E-state index in [-0.39, 0.29) is 17.8 Å². The highest BCUT2D eigenvalue weighted by Gasteiger charge is 2.34. The first kappa shape index (κ1) is 14.3. The predicted molar refractivity (Wildman–Crippen MR) is 73.9 cm³/mol. The number of rotatable bonds is 5. The average Bonchev–Trinajstić information content (AvgIpc) is 2.90. The number of nitrogens with one attached hydrogen (secondary N) is 2. The van der Waals surface area contributed by atoms with E-state index >= 15 is 0 Å². The van der Waals surface area contributed by atoms with Crippen LogP contribution >= 0.6 is 0 Å². The Morgan fingerprint density at radius 1 is 1.28 bits per heavy atom. The van der Waals surface area contributed by atoms with Crippen LogP contribution in [-0.2, 0) is 10.0 Å². The van der Waals surface area contributed by atoms with Crippen molar-refractivity contribution in [3.8, 4) is 0 Å². The number of sulfonamides is 1. The van der Waals surface area contributed by atoms with Gasteiger partial charge in [0.15, 0.2) is 0 Å². The highest BCUT2D eigenvalue weighted by atomic mass is 32.2. The summed E-state index contributed by atoms with van der Waals surface area (Å²) in [6.45, 7) is 5.33. The minimum Gasteiger partial charge on any atom is -0.313 e. The molecular weight excluding hydrogens is 248 g/mol. The van der Waals surface area contributed by atoms with E-state index in [1.165, 1.54) is 0 Å². The minimum atomic E-state index is -3.13. The smallest absolute Gasteiger partial charge is 0.213 e. The summed E-state index contributed by atoms with van der Waals surface area (Å²) in [4.78, 5) is 0. The molecule has 0 aromatic rings. The molecular formula is C13H26N2O2S. The minimum absolute atomic E-state index is 0.154. The molecule has 2 rings (SSSR count). The fourth-order valence-electron chi connectivity index (χ4n) is 3.43. The Labute approximate surface area is 111 Å². The van der Waals surface area contributed by atoms with E-state index in [4.69, 9.17) is 0 Å². The van der Waals surface area contributed by atoms with E-state index in [9.17, 15) is 8.42 Å². The molecule has 0 aromatic carbocycles. The summed E-state index contributed by atoms with van der Waals surface area (Å²) in [5, 5.41) is 3.25. The topological polar surface area (TPSA) is 58.2 Å². The zero-order chi connectivity index (χ0) is 13.2. The predicted octanol–water partition coefficient (Wildman–Crippen LogP) is 1.48. The SMILES string of the molecule is CCC1CCC(NS(=O)(=O)CC2CCCN2)C1C. The molecule has 0 bridgehead atoms. The maximum atomic E-state index is 12.1. The highest BCUT2D eigenvalue weighted by Crippen LogP contribution is 2.34. The van der Waals surface area contributed by atoms with Crippen LogP contribution in [0.1, 0.15) is 46.0 Å². The van der Waals surface area contributed by atoms with Crippen LogP contribution in [0.5, 0.6) is 0 Å². The molecule has 2 N–H and O–H groups in total. The fraction of sp³-hybridized carbons (Fsp3) is 1.00. The van der Waals surface area contributed by atoms with Crippen molar-refractivity contribution in [3.05, 3.63) is 0 Å². The Kier molecular flexibility index (Phi) is 4.67. The average molecular weight is 274 g/mol. The first-order valence-corrected chi connectivity index (χ1v) is 8.90. The van der Waals surface area contributed by atoms with Crippen LogP contribution < -0.4 is 10.0 Å². The van der Waals surface area contributed by atoms with Gasteiger partial charge < -0.3 is 5.32 Å². The van der Waals surface area contributed by atoms with Gasteiger partial charge in [0.05, 0.1) is 5.75 Å². The van der Waals surface area contributed by atoms with Gasteiger partial charge in [-0.1, -0.05) is 20.3 Å². The van der Waals surface area contributed by atoms with Gasteiger partial charge in [-0.05, 0) is 44.1 Å². The molecule has 4 unspecified atom stereocenters. The van der Waals surface area contributed by atoms with Crippen LogP contribution in [0, 0.1) is 11.8 Å². The molecule has 1 aliphatic heterocycles. The molecule has 0 spiro atoms. The van der Waals surface area contributed by atoms with Gasteiger partial charge in [0.25, 0.3) is 0 Å². The molecule has 2 aliphatic rings. The maximum absolute atomic E-state index is 12.1. The van der Waals surface area contributed by atoms with Crippen molar-refractivity contribution in [2.24, 2.45) is 11.8 Å². The van der Waals surface area contributed by atoms with E-state index in [1.807, 2.05) is 0 Å². The monoisotopic (exact) mass is 274 g/mol. The second-order valence-corrected chi connectivity index (χ2v) is 7.70. The second-order valence-electron chi connectivity index (χ2n) is 5.90. The zero-order valence-electron chi connectivity index (χ0n) is 11.5. The summed E-state index contributed by atoms with van der Waals surface area (Å²) < 4.78 is 27.2. The molecule has 0 amide bonds. The molecule has 0 aromatic heterocycles. The summed E-state index contributed by atoms with van der Waals surface area (Å²) in [5.41, 5.74) is 0. The first-order valence-electron chi connectivity index (χ1n) is 7.25. The van der Waals surface area contributed by atoms with Crippen LogP contribution in [0.3, 0.4) is 0 Å². The third-order valence-electron chi connectivity index (χ3n) is 4.66. The molecule has 0 radical (unpaired) electrons. The van der Waals surface area contributed by atoms with Crippen molar-refractivity contribution < 1.29 is 8.42 Å². The van der Waals surface area contributed by atoms with Crippen LogP contribution in [0.25, 0.3) is 0 Å². The number of hydrogen-bond donors (Lipinski definition) is 2. The largest absolute Gasteiger partial charge is 0.313 e. The standard InChI is InChI=1S/C13H26N2O2S/c1-3-11-6-7-13(10(11)2)15-18(16,17)9-12-5-4-8-14-12/h10-15H,3-9H2,1-2H3. The Morgan fingerprint density at radius 3 is 2.61 bits per heavy atom. The van der Waals surface area contributed by atoms with Gasteiger partial charge in [-0.15, -0.1) is 0 Å². The van der Waals surface area contributed by atoms with Gasteiger partial charge in [-0.2, -0.15) is 0 Å². The zero-order valence-corrected chi connectivity index (χ0v) is 12.3. The first-order chi connectivity index (χ1) is 8.52. The summed E-state index contributed by atoms with van der Waals surface area (Å²) >= 11 is 0. The Hall–Kier alpha value is -0.130. The summed E-state index contributed by atoms with van der Waals surface area (Å²) in [7, 11) is -3.13. The van der Waals surface area contributed by atoms with Gasteiger partial charge in [-0.3, -0.25) is 0 Å². The van der Waals surface area contributed by atoms with Crippen molar-refractivity contribution in [1.29, 1.82) is 0 Å². The van der Waals surface area contributed by atoms with E-state index in [0.717, 1.165) is 38.6 Å². The lowest BCUT2D eigenvalue weighted by Gasteiger charge is -2.22. The number of hydrogen-bond acceptors (Lipinski definition) is 3. The molecule has 4 atom stereocenters. The lowest BCUT2D eigenvalue weighted by Crippen LogP contribution is -2.42. The van der Waals surface area contributed by atoms with E-state index < -0.39 is 10.0 Å². The van der Waals surface area contributed by atoms with Gasteiger partial charge in [0, 0.05) is 12.1 Å². The van der Waals surface area contributed by atoms with Crippen molar-refractivity contribution in [2.75, 3.05) is 12.3 Å². The molecule has 5 heteroatoms. The third kappa shape index (κ3) is 3.45. The maximum Gasteiger partial charge on any atom is 0.213 e. The fourth-order valence-corrected chi connectivity index (χ4v) is 5.14. The molecule has 2 fully saturated rings. The van der Waals surface area contributed by atoms with Gasteiger partial charge in [0.1, 0.15) is 0 Å². The summed E-state index contributed by atoms with van der Waals surface area (Å²) in [5.74, 6) is 1.40. The normalized spacial score (nSPS) is 37.2. The van der Waals surface area contributed by atoms with Gasteiger partial charge in [0.2, 0.25) is 10.0 Å². The molecule has 106 valence electrons. The lowest BCUT2D eigenvalue weighted by molar-refractivity contribution is 0.368. The van der Waals surface area contributed by atoms with E-state index in [0.29, 0.717) is 11.8 Å². The van der Waals surface area contributed by atoms with Crippen LogP contribution in [0.2, 0.25) is 0 Å². The summed E-state index contributed by atoms with van der Waals surface area (Å²) in [6, 6.07) is 0.308. The molecule has 1 aliphatic carbocycles. The molecule has 1 heterocycles. The van der Waals surface area contributed by atoms with Crippen molar-refractivity contribution in [2.45, 2.75) is 58.0 Å². The van der Waals surface area contributed by atoms with Crippen LogP contribution in [0.4, 0.5) is 0 Å². The third-order valence-corrected chi connectivity index (χ3v) is 6.17. The molecule has 1 saturated heterocycles. The lowest BCUT2D eigenvalue weighted by atomic mass is 9.94. The Bertz CT molecular complexity index is 363. The van der Waals surface area contributed by atoms with Crippen molar-refractivity contribution in [1.82, 2.24) is 10.0 Å². The summed E-state index contributed by atoms with van der Waals surface area (Å²) in [6.07, 6.45) is 5.39. The molecule has 4 nitrogen and oxygen atoms in total. The van der Waals surface area contributed by atoms with Crippen molar-refractivity contribution in [3.63, 3.8) is 0 Å². The second kappa shape index (κ2) is 5.88. The van der Waals surface area contributed by atoms with Crippen molar-refractivity contribution >= 4 is 10.0 Å². The Balaban J connectivity index is 1.88. The van der Waals surface area contributed by atoms with E-state index in [1.54, 1.807) is 0 Å². The van der Waals surface area contributed by atoms with E-state index in [2.05, 4.69) is 23.9 Å². The van der Waals surface area contributed by atoms with Gasteiger partial charge in [-0.25, -0.2) is 13.1 Å². The van der Waals surface area contributed by atoms with Gasteiger partial charge >= 0.3 is 0 Å². The molecule has 1 saturated carbocycles.